The highest BCUT2D eigenvalue weighted by molar-refractivity contribution is 7.89. The van der Waals surface area contributed by atoms with Crippen molar-refractivity contribution < 1.29 is 8.42 Å². The van der Waals surface area contributed by atoms with Crippen LogP contribution in [0.2, 0.25) is 0 Å². The summed E-state index contributed by atoms with van der Waals surface area (Å²) in [4.78, 5) is 0.0979. The molecule has 1 unspecified atom stereocenters. The summed E-state index contributed by atoms with van der Waals surface area (Å²) in [6, 6.07) is 0.814. The lowest BCUT2D eigenvalue weighted by atomic mass is 10.4. The average Bonchev–Trinajstić information content (AvgIpc) is 2.50. The third kappa shape index (κ3) is 2.74. The molecule has 1 heterocycles. The van der Waals surface area contributed by atoms with E-state index < -0.39 is 16.1 Å². The number of nitrogens with one attached hydrogen (secondary N) is 1. The van der Waals surface area contributed by atoms with Gasteiger partial charge in [-0.05, 0) is 13.0 Å². The van der Waals surface area contributed by atoms with Gasteiger partial charge in [-0.25, -0.2) is 13.1 Å². The molecule has 1 aromatic heterocycles. The maximum atomic E-state index is 11.7. The molecular weight excluding hydrogens is 236 g/mol. The number of sulfonamides is 1. The first-order chi connectivity index (χ1) is 6.84. The molecule has 0 aromatic carbocycles. The predicted molar refractivity (Wildman–Crippen MR) is 59.8 cm³/mol. The quantitative estimate of drug-likeness (QED) is 0.693. The van der Waals surface area contributed by atoms with Gasteiger partial charge >= 0.3 is 0 Å². The van der Waals surface area contributed by atoms with E-state index in [2.05, 4.69) is 22.0 Å². The van der Waals surface area contributed by atoms with Crippen molar-refractivity contribution in [2.24, 2.45) is 12.8 Å². The molecule has 84 valence electrons. The summed E-state index contributed by atoms with van der Waals surface area (Å²) in [7, 11) is -2.07. The fraction of sp³-hybridized carbons (Fsp3) is 0.429. The number of hydrogen-bond acceptors (Lipinski definition) is 4. The molecule has 0 saturated carbocycles. The van der Waals surface area contributed by atoms with Crippen LogP contribution in [0.5, 0.6) is 0 Å². The highest BCUT2D eigenvalue weighted by atomic mass is 32.2. The predicted octanol–water partition coefficient (Wildman–Crippen LogP) is -0.627. The zero-order valence-corrected chi connectivity index (χ0v) is 9.97. The Hall–Kier alpha value is -0.990. The van der Waals surface area contributed by atoms with Gasteiger partial charge in [0, 0.05) is 7.05 Å². The van der Waals surface area contributed by atoms with E-state index in [-0.39, 0.29) is 10.0 Å². The van der Waals surface area contributed by atoms with Crippen molar-refractivity contribution in [3.63, 3.8) is 0 Å². The van der Waals surface area contributed by atoms with Gasteiger partial charge in [0.1, 0.15) is 0 Å². The van der Waals surface area contributed by atoms with Crippen LogP contribution in [0.25, 0.3) is 0 Å². The van der Waals surface area contributed by atoms with Gasteiger partial charge in [-0.2, -0.15) is 5.10 Å². The van der Waals surface area contributed by atoms with Gasteiger partial charge in [0.25, 0.3) is 10.0 Å². The van der Waals surface area contributed by atoms with Crippen LogP contribution in [0.4, 0.5) is 0 Å². The first kappa shape index (κ1) is 12.1. The average molecular weight is 248 g/mol. The molecule has 0 aliphatic rings. The normalized spacial score (nSPS) is 13.7. The van der Waals surface area contributed by atoms with Gasteiger partial charge in [0.15, 0.2) is 5.03 Å². The lowest BCUT2D eigenvalue weighted by Gasteiger charge is -2.12. The fourth-order valence-corrected chi connectivity index (χ4v) is 2.46. The van der Waals surface area contributed by atoms with Gasteiger partial charge in [-0.3, -0.25) is 4.68 Å². The molecule has 0 spiro atoms. The van der Waals surface area contributed by atoms with Crippen molar-refractivity contribution >= 4 is 27.2 Å². The van der Waals surface area contributed by atoms with Crippen LogP contribution in [-0.2, 0) is 17.1 Å². The zero-order valence-electron chi connectivity index (χ0n) is 8.34. The Morgan fingerprint density at radius 3 is 2.73 bits per heavy atom. The van der Waals surface area contributed by atoms with Gasteiger partial charge in [-0.15, -0.1) is 0 Å². The molecule has 0 aliphatic carbocycles. The van der Waals surface area contributed by atoms with E-state index in [0.717, 1.165) is 0 Å². The number of nitrogens with two attached hydrogens (primary N) is 1. The Bertz CT molecular complexity index is 465. The van der Waals surface area contributed by atoms with E-state index in [1.807, 2.05) is 0 Å². The first-order valence-electron chi connectivity index (χ1n) is 4.14. The molecular formula is C7H12N4O2S2. The molecule has 15 heavy (non-hydrogen) atoms. The molecule has 1 rings (SSSR count). The van der Waals surface area contributed by atoms with Crippen LogP contribution in [-0.4, -0.2) is 29.2 Å². The number of nitrogens with zero attached hydrogens (tertiary/aromatic N) is 2. The summed E-state index contributed by atoms with van der Waals surface area (Å²) in [5, 5.41) is 3.84. The maximum Gasteiger partial charge on any atom is 0.258 e. The molecule has 0 saturated heterocycles. The molecule has 0 amide bonds. The minimum absolute atomic E-state index is 0.0746. The molecule has 1 atom stereocenters. The minimum Gasteiger partial charge on any atom is -0.392 e. The van der Waals surface area contributed by atoms with Crippen molar-refractivity contribution in [3.8, 4) is 0 Å². The summed E-state index contributed by atoms with van der Waals surface area (Å²) >= 11 is 4.68. The standard InChI is InChI=1S/C7H12N4O2S2/c1-5(7(8)14)10-15(12,13)6-3-4-9-11(6)2/h3-5,10H,1-2H3,(H2,8,14). The first-order valence-corrected chi connectivity index (χ1v) is 6.03. The second-order valence-corrected chi connectivity index (χ2v) is 5.17. The summed E-state index contributed by atoms with van der Waals surface area (Å²) in [5.74, 6) is 0. The molecule has 0 fully saturated rings. The number of aromatic nitrogens is 2. The van der Waals surface area contributed by atoms with Gasteiger partial charge < -0.3 is 5.73 Å². The maximum absolute atomic E-state index is 11.7. The second kappa shape index (κ2) is 4.25. The highest BCUT2D eigenvalue weighted by Crippen LogP contribution is 2.06. The third-order valence-electron chi connectivity index (χ3n) is 1.81. The SMILES string of the molecule is CC(NS(=O)(=O)c1ccnn1C)C(N)=S. The number of hydrogen-bond donors (Lipinski definition) is 2. The Morgan fingerprint density at radius 2 is 2.33 bits per heavy atom. The fourth-order valence-electron chi connectivity index (χ4n) is 0.977. The van der Waals surface area contributed by atoms with Crippen molar-refractivity contribution in [1.82, 2.24) is 14.5 Å². The summed E-state index contributed by atoms with van der Waals surface area (Å²) in [6.45, 7) is 1.58. The van der Waals surface area contributed by atoms with Crippen molar-refractivity contribution in [2.45, 2.75) is 18.0 Å². The van der Waals surface area contributed by atoms with Crippen LogP contribution in [0.15, 0.2) is 17.3 Å². The Kier molecular flexibility index (Phi) is 3.42. The van der Waals surface area contributed by atoms with Crippen LogP contribution in [0.1, 0.15) is 6.92 Å². The van der Waals surface area contributed by atoms with Crippen LogP contribution >= 0.6 is 12.2 Å². The van der Waals surface area contributed by atoms with Gasteiger partial charge in [0.2, 0.25) is 0 Å². The molecule has 0 radical (unpaired) electrons. The van der Waals surface area contributed by atoms with Crippen molar-refractivity contribution in [3.05, 3.63) is 12.3 Å². The smallest absolute Gasteiger partial charge is 0.258 e. The highest BCUT2D eigenvalue weighted by Gasteiger charge is 2.21. The molecule has 0 bridgehead atoms. The van der Waals surface area contributed by atoms with Gasteiger partial charge in [-0.1, -0.05) is 12.2 Å². The second-order valence-electron chi connectivity index (χ2n) is 3.04. The van der Waals surface area contributed by atoms with E-state index in [4.69, 9.17) is 5.73 Å². The van der Waals surface area contributed by atoms with Crippen molar-refractivity contribution in [2.75, 3.05) is 0 Å². The van der Waals surface area contributed by atoms with E-state index >= 15 is 0 Å². The summed E-state index contributed by atoms with van der Waals surface area (Å²) in [5.41, 5.74) is 5.32. The molecule has 3 N–H and O–H groups in total. The van der Waals surface area contributed by atoms with E-state index in [1.165, 1.54) is 16.9 Å². The Balaban J connectivity index is 2.96. The summed E-state index contributed by atoms with van der Waals surface area (Å²) < 4.78 is 27.1. The molecule has 0 aliphatic heterocycles. The number of rotatable bonds is 4. The third-order valence-corrected chi connectivity index (χ3v) is 3.78. The zero-order chi connectivity index (χ0) is 11.6. The molecule has 8 heteroatoms. The van der Waals surface area contributed by atoms with Gasteiger partial charge in [0.05, 0.1) is 17.2 Å². The monoisotopic (exact) mass is 248 g/mol. The Labute approximate surface area is 93.5 Å². The summed E-state index contributed by atoms with van der Waals surface area (Å²) in [6.07, 6.45) is 1.40. The largest absolute Gasteiger partial charge is 0.392 e. The topological polar surface area (TPSA) is 90.0 Å². The minimum atomic E-state index is -3.61. The molecule has 1 aromatic rings. The number of thiocarbonyl (C=S) groups is 1. The number of aryl methyl sites for hydroxylation is 1. The lowest BCUT2D eigenvalue weighted by molar-refractivity contribution is 0.560. The van der Waals surface area contributed by atoms with E-state index in [9.17, 15) is 8.42 Å². The molecule has 6 nitrogen and oxygen atoms in total. The Morgan fingerprint density at radius 1 is 1.73 bits per heavy atom. The van der Waals surface area contributed by atoms with Crippen LogP contribution < -0.4 is 10.5 Å². The van der Waals surface area contributed by atoms with E-state index in [0.29, 0.717) is 0 Å². The van der Waals surface area contributed by atoms with E-state index in [1.54, 1.807) is 14.0 Å². The van der Waals surface area contributed by atoms with Crippen LogP contribution in [0.3, 0.4) is 0 Å². The van der Waals surface area contributed by atoms with Crippen molar-refractivity contribution in [1.29, 1.82) is 0 Å². The van der Waals surface area contributed by atoms with Crippen LogP contribution in [0, 0.1) is 0 Å². The lowest BCUT2D eigenvalue weighted by Crippen LogP contribution is -2.41.